The molecular formula is C18H25N3O2. The lowest BCUT2D eigenvalue weighted by atomic mass is 10.1. The van der Waals surface area contributed by atoms with Gasteiger partial charge < -0.3 is 15.2 Å². The predicted molar refractivity (Wildman–Crippen MR) is 92.2 cm³/mol. The summed E-state index contributed by atoms with van der Waals surface area (Å²) in [5, 5.41) is 4.02. The third kappa shape index (κ3) is 4.58. The second kappa shape index (κ2) is 7.81. The fraction of sp³-hybridized carbons (Fsp3) is 0.444. The minimum atomic E-state index is 0.00803. The van der Waals surface area contributed by atoms with Crippen LogP contribution in [0.25, 0.3) is 10.9 Å². The van der Waals surface area contributed by atoms with Crippen molar-refractivity contribution in [3.8, 4) is 0 Å². The van der Waals surface area contributed by atoms with Gasteiger partial charge in [-0.05, 0) is 31.9 Å². The molecule has 1 aromatic carbocycles. The monoisotopic (exact) mass is 315 g/mol. The first-order chi connectivity index (χ1) is 11.0. The number of aromatic amines is 1. The molecule has 2 rings (SSSR count). The molecule has 1 heterocycles. The molecule has 124 valence electrons. The van der Waals surface area contributed by atoms with Crippen LogP contribution < -0.4 is 5.32 Å². The van der Waals surface area contributed by atoms with Gasteiger partial charge in [-0.3, -0.25) is 9.59 Å². The van der Waals surface area contributed by atoms with Crippen LogP contribution in [0.4, 0.5) is 0 Å². The van der Waals surface area contributed by atoms with Crippen molar-refractivity contribution in [2.45, 2.75) is 39.7 Å². The smallest absolute Gasteiger partial charge is 0.224 e. The van der Waals surface area contributed by atoms with E-state index >= 15 is 0 Å². The Kier molecular flexibility index (Phi) is 5.79. The lowest BCUT2D eigenvalue weighted by molar-refractivity contribution is -0.130. The fourth-order valence-corrected chi connectivity index (χ4v) is 2.77. The first-order valence-corrected chi connectivity index (χ1v) is 8.08. The van der Waals surface area contributed by atoms with E-state index in [1.54, 1.807) is 6.92 Å². The highest BCUT2D eigenvalue weighted by Gasteiger charge is 2.12. The van der Waals surface area contributed by atoms with Gasteiger partial charge in [0, 0.05) is 43.2 Å². The van der Waals surface area contributed by atoms with Crippen LogP contribution in [0.15, 0.2) is 30.5 Å². The summed E-state index contributed by atoms with van der Waals surface area (Å²) in [5.74, 6) is 0.0822. The van der Waals surface area contributed by atoms with Crippen LogP contribution >= 0.6 is 0 Å². The van der Waals surface area contributed by atoms with Crippen molar-refractivity contribution in [1.82, 2.24) is 15.2 Å². The molecule has 23 heavy (non-hydrogen) atoms. The molecule has 0 bridgehead atoms. The van der Waals surface area contributed by atoms with E-state index in [2.05, 4.69) is 10.3 Å². The number of carbonyl (C=O) groups excluding carboxylic acids is 2. The van der Waals surface area contributed by atoms with Crippen LogP contribution in [-0.4, -0.2) is 40.8 Å². The zero-order valence-electron chi connectivity index (χ0n) is 14.1. The van der Waals surface area contributed by atoms with E-state index in [1.807, 2.05) is 49.2 Å². The molecule has 0 saturated heterocycles. The van der Waals surface area contributed by atoms with E-state index in [-0.39, 0.29) is 17.9 Å². The van der Waals surface area contributed by atoms with Crippen molar-refractivity contribution >= 4 is 22.7 Å². The number of fused-ring (bicyclic) bond motifs is 1. The summed E-state index contributed by atoms with van der Waals surface area (Å²) in [6, 6.07) is 8.15. The highest BCUT2D eigenvalue weighted by atomic mass is 16.2. The van der Waals surface area contributed by atoms with Crippen molar-refractivity contribution in [2.75, 3.05) is 13.1 Å². The normalized spacial score (nSPS) is 11.0. The molecule has 0 aliphatic rings. The van der Waals surface area contributed by atoms with Gasteiger partial charge in [-0.2, -0.15) is 0 Å². The van der Waals surface area contributed by atoms with E-state index in [0.717, 1.165) is 22.9 Å². The lowest BCUT2D eigenvalue weighted by Crippen LogP contribution is -2.37. The van der Waals surface area contributed by atoms with E-state index in [9.17, 15) is 9.59 Å². The van der Waals surface area contributed by atoms with Gasteiger partial charge in [-0.1, -0.05) is 18.2 Å². The van der Waals surface area contributed by atoms with Crippen molar-refractivity contribution < 1.29 is 9.59 Å². The summed E-state index contributed by atoms with van der Waals surface area (Å²) in [7, 11) is 0. The zero-order chi connectivity index (χ0) is 16.8. The molecule has 0 radical (unpaired) electrons. The number of carbonyl (C=O) groups is 2. The van der Waals surface area contributed by atoms with Gasteiger partial charge in [0.2, 0.25) is 11.8 Å². The Morgan fingerprint density at radius 3 is 2.70 bits per heavy atom. The predicted octanol–water partition coefficient (Wildman–Crippen LogP) is 2.47. The Labute approximate surface area is 137 Å². The molecule has 2 aromatic rings. The van der Waals surface area contributed by atoms with Gasteiger partial charge in [0.25, 0.3) is 0 Å². The fourth-order valence-electron chi connectivity index (χ4n) is 2.77. The Morgan fingerprint density at radius 2 is 2.00 bits per heavy atom. The first kappa shape index (κ1) is 17.1. The molecule has 0 saturated carbocycles. The molecule has 1 aromatic heterocycles. The molecule has 0 spiro atoms. The number of nitrogens with zero attached hydrogens (tertiary/aromatic N) is 1. The van der Waals surface area contributed by atoms with Crippen LogP contribution in [-0.2, 0) is 16.0 Å². The van der Waals surface area contributed by atoms with Crippen LogP contribution in [0.2, 0.25) is 0 Å². The maximum absolute atomic E-state index is 12.1. The SMILES string of the molecule is CC(=O)N(CCCNC(=O)Cc1c[nH]c2ccccc12)C(C)C. The van der Waals surface area contributed by atoms with Gasteiger partial charge in [0.05, 0.1) is 6.42 Å². The van der Waals surface area contributed by atoms with Gasteiger partial charge >= 0.3 is 0 Å². The standard InChI is InChI=1S/C18H25N3O2/c1-13(2)21(14(3)22)10-6-9-19-18(23)11-15-12-20-17-8-5-4-7-16(15)17/h4-5,7-8,12-13,20H,6,9-11H2,1-3H3,(H,19,23). The summed E-state index contributed by atoms with van der Waals surface area (Å²) in [6.07, 6.45) is 3.02. The van der Waals surface area contributed by atoms with Crippen molar-refractivity contribution in [1.29, 1.82) is 0 Å². The summed E-state index contributed by atoms with van der Waals surface area (Å²) in [6.45, 7) is 6.82. The molecule has 0 fully saturated rings. The first-order valence-electron chi connectivity index (χ1n) is 8.08. The molecule has 2 amide bonds. The third-order valence-corrected chi connectivity index (χ3v) is 3.95. The number of aromatic nitrogens is 1. The maximum atomic E-state index is 12.1. The Morgan fingerprint density at radius 1 is 1.26 bits per heavy atom. The summed E-state index contributed by atoms with van der Waals surface area (Å²) >= 11 is 0. The quantitative estimate of drug-likeness (QED) is 0.771. The highest BCUT2D eigenvalue weighted by molar-refractivity contribution is 5.88. The molecule has 2 N–H and O–H groups in total. The number of para-hydroxylation sites is 1. The molecule has 5 nitrogen and oxygen atoms in total. The number of rotatable bonds is 7. The van der Waals surface area contributed by atoms with Gasteiger partial charge in [0.1, 0.15) is 0 Å². The van der Waals surface area contributed by atoms with E-state index < -0.39 is 0 Å². The molecule has 5 heteroatoms. The van der Waals surface area contributed by atoms with Crippen LogP contribution in [0.1, 0.15) is 32.8 Å². The number of H-pyrrole nitrogens is 1. The summed E-state index contributed by atoms with van der Waals surface area (Å²) in [5.41, 5.74) is 2.05. The highest BCUT2D eigenvalue weighted by Crippen LogP contribution is 2.17. The topological polar surface area (TPSA) is 65.2 Å². The second-order valence-corrected chi connectivity index (χ2v) is 6.05. The average molecular weight is 315 g/mol. The Balaban J connectivity index is 1.78. The van der Waals surface area contributed by atoms with E-state index in [1.165, 1.54) is 0 Å². The molecule has 0 aliphatic heterocycles. The number of benzene rings is 1. The number of hydrogen-bond donors (Lipinski definition) is 2. The molecular weight excluding hydrogens is 290 g/mol. The van der Waals surface area contributed by atoms with Crippen molar-refractivity contribution in [2.24, 2.45) is 0 Å². The van der Waals surface area contributed by atoms with Gasteiger partial charge in [-0.25, -0.2) is 0 Å². The minimum absolute atomic E-state index is 0.00803. The summed E-state index contributed by atoms with van der Waals surface area (Å²) in [4.78, 5) is 28.5. The van der Waals surface area contributed by atoms with Crippen molar-refractivity contribution in [3.05, 3.63) is 36.0 Å². The largest absolute Gasteiger partial charge is 0.361 e. The molecule has 0 aliphatic carbocycles. The zero-order valence-corrected chi connectivity index (χ0v) is 14.1. The molecule has 0 atom stereocenters. The van der Waals surface area contributed by atoms with E-state index in [4.69, 9.17) is 0 Å². The number of amides is 2. The minimum Gasteiger partial charge on any atom is -0.361 e. The lowest BCUT2D eigenvalue weighted by Gasteiger charge is -2.25. The van der Waals surface area contributed by atoms with Crippen LogP contribution in [0.5, 0.6) is 0 Å². The number of nitrogens with one attached hydrogen (secondary N) is 2. The maximum Gasteiger partial charge on any atom is 0.224 e. The number of hydrogen-bond acceptors (Lipinski definition) is 2. The third-order valence-electron chi connectivity index (χ3n) is 3.95. The van der Waals surface area contributed by atoms with Gasteiger partial charge in [0.15, 0.2) is 0 Å². The summed E-state index contributed by atoms with van der Waals surface area (Å²) < 4.78 is 0. The Hall–Kier alpha value is -2.30. The van der Waals surface area contributed by atoms with Gasteiger partial charge in [-0.15, -0.1) is 0 Å². The Bertz CT molecular complexity index is 676. The van der Waals surface area contributed by atoms with Crippen LogP contribution in [0, 0.1) is 0 Å². The molecule has 0 unspecified atom stereocenters. The average Bonchev–Trinajstić information content (AvgIpc) is 2.89. The van der Waals surface area contributed by atoms with E-state index in [0.29, 0.717) is 19.5 Å². The van der Waals surface area contributed by atoms with Crippen LogP contribution in [0.3, 0.4) is 0 Å². The van der Waals surface area contributed by atoms with Crippen molar-refractivity contribution in [3.63, 3.8) is 0 Å². The second-order valence-electron chi connectivity index (χ2n) is 6.05.